The number of rotatable bonds is 8. The van der Waals surface area contributed by atoms with Crippen LogP contribution in [0.5, 0.6) is 0 Å². The molecular formula is C18H28O6. The predicted octanol–water partition coefficient (Wildman–Crippen LogP) is 2.45. The highest BCUT2D eigenvalue weighted by Crippen LogP contribution is 2.28. The summed E-state index contributed by atoms with van der Waals surface area (Å²) < 4.78 is 15.8. The largest absolute Gasteiger partial charge is 0.468 e. The molecule has 0 aromatic carbocycles. The van der Waals surface area contributed by atoms with E-state index in [4.69, 9.17) is 14.2 Å². The van der Waals surface area contributed by atoms with Crippen LogP contribution in [0.2, 0.25) is 0 Å². The predicted molar refractivity (Wildman–Crippen MR) is 88.3 cm³/mol. The summed E-state index contributed by atoms with van der Waals surface area (Å²) >= 11 is 0. The first-order valence-electron chi connectivity index (χ1n) is 8.25. The zero-order valence-corrected chi connectivity index (χ0v) is 15.2. The summed E-state index contributed by atoms with van der Waals surface area (Å²) in [5, 5.41) is 0. The van der Waals surface area contributed by atoms with E-state index in [1.807, 2.05) is 13.8 Å². The molecule has 0 bridgehead atoms. The van der Waals surface area contributed by atoms with Gasteiger partial charge >= 0.3 is 5.97 Å². The van der Waals surface area contributed by atoms with E-state index in [0.717, 1.165) is 0 Å². The van der Waals surface area contributed by atoms with Crippen LogP contribution in [0, 0.1) is 11.3 Å². The number of methoxy groups -OCH3 is 1. The van der Waals surface area contributed by atoms with Gasteiger partial charge in [0.05, 0.1) is 20.3 Å². The Morgan fingerprint density at radius 2 is 1.83 bits per heavy atom. The summed E-state index contributed by atoms with van der Waals surface area (Å²) in [6.45, 7) is 7.82. The second-order valence-electron chi connectivity index (χ2n) is 6.72. The van der Waals surface area contributed by atoms with Crippen molar-refractivity contribution in [1.82, 2.24) is 0 Å². The van der Waals surface area contributed by atoms with Crippen molar-refractivity contribution in [3.05, 3.63) is 12.2 Å². The smallest absolute Gasteiger partial charge is 0.319 e. The van der Waals surface area contributed by atoms with Crippen LogP contribution >= 0.6 is 0 Å². The van der Waals surface area contributed by atoms with E-state index in [2.05, 4.69) is 0 Å². The topological polar surface area (TPSA) is 78.9 Å². The first kappa shape index (κ1) is 20.5. The van der Waals surface area contributed by atoms with Crippen LogP contribution < -0.4 is 0 Å². The third-order valence-electron chi connectivity index (χ3n) is 4.29. The van der Waals surface area contributed by atoms with Crippen molar-refractivity contribution in [3.8, 4) is 0 Å². The fourth-order valence-corrected chi connectivity index (χ4v) is 2.34. The molecule has 0 saturated carbocycles. The molecule has 0 spiro atoms. The second kappa shape index (κ2) is 8.53. The van der Waals surface area contributed by atoms with Gasteiger partial charge in [-0.25, -0.2) is 0 Å². The maximum absolute atomic E-state index is 12.6. The van der Waals surface area contributed by atoms with Gasteiger partial charge in [0.25, 0.3) is 0 Å². The molecule has 1 aliphatic rings. The molecule has 0 aromatic heterocycles. The lowest BCUT2D eigenvalue weighted by Crippen LogP contribution is -2.39. The van der Waals surface area contributed by atoms with Crippen molar-refractivity contribution in [2.75, 3.05) is 20.3 Å². The summed E-state index contributed by atoms with van der Waals surface area (Å²) in [6, 6.07) is 0. The molecule has 1 fully saturated rings. The lowest BCUT2D eigenvalue weighted by atomic mass is 9.80. The van der Waals surface area contributed by atoms with Gasteiger partial charge in [0.15, 0.2) is 11.6 Å². The van der Waals surface area contributed by atoms with E-state index in [1.165, 1.54) is 20.1 Å². The van der Waals surface area contributed by atoms with Crippen LogP contribution in [-0.2, 0) is 28.6 Å². The number of ketones is 2. The summed E-state index contributed by atoms with van der Waals surface area (Å²) in [6.07, 6.45) is 3.77. The molecule has 1 aliphatic heterocycles. The average molecular weight is 340 g/mol. The van der Waals surface area contributed by atoms with Gasteiger partial charge in [-0.15, -0.1) is 0 Å². The van der Waals surface area contributed by atoms with E-state index in [1.54, 1.807) is 13.0 Å². The SMILES string of the molecule is CCC(=O)CCC(C)(C(=O)/C=C/C1COC(C)(C)OC1)C(=O)OC. The fraction of sp³-hybridized carbons (Fsp3) is 0.722. The molecule has 0 N–H and O–H groups in total. The summed E-state index contributed by atoms with van der Waals surface area (Å²) in [7, 11) is 1.24. The molecule has 6 heteroatoms. The van der Waals surface area contributed by atoms with Crippen molar-refractivity contribution in [3.63, 3.8) is 0 Å². The van der Waals surface area contributed by atoms with Gasteiger partial charge in [0.2, 0.25) is 0 Å². The lowest BCUT2D eigenvalue weighted by Gasteiger charge is -2.33. The number of hydrogen-bond acceptors (Lipinski definition) is 6. The standard InChI is InChI=1S/C18H28O6/c1-6-14(19)9-10-18(4,16(21)22-5)15(20)8-7-13-11-23-17(2,3)24-12-13/h7-8,13H,6,9-12H2,1-5H3/b8-7+. The molecule has 1 rings (SSSR count). The molecule has 0 amide bonds. The molecular weight excluding hydrogens is 312 g/mol. The third-order valence-corrected chi connectivity index (χ3v) is 4.29. The van der Waals surface area contributed by atoms with Gasteiger partial charge in [-0.1, -0.05) is 13.0 Å². The Morgan fingerprint density at radius 3 is 2.33 bits per heavy atom. The highest BCUT2D eigenvalue weighted by Gasteiger charge is 2.41. The van der Waals surface area contributed by atoms with Crippen molar-refractivity contribution in [2.45, 2.75) is 52.7 Å². The van der Waals surface area contributed by atoms with E-state index >= 15 is 0 Å². The van der Waals surface area contributed by atoms with Gasteiger partial charge in [-0.3, -0.25) is 14.4 Å². The molecule has 1 saturated heterocycles. The quantitative estimate of drug-likeness (QED) is 0.384. The Kier molecular flexibility index (Phi) is 7.29. The Balaban J connectivity index is 2.75. The lowest BCUT2D eigenvalue weighted by molar-refractivity contribution is -0.256. The van der Waals surface area contributed by atoms with Crippen molar-refractivity contribution < 1.29 is 28.6 Å². The number of allylic oxidation sites excluding steroid dienone is 1. The molecule has 1 unspecified atom stereocenters. The maximum Gasteiger partial charge on any atom is 0.319 e. The Hall–Kier alpha value is -1.53. The molecule has 6 nitrogen and oxygen atoms in total. The molecule has 1 heterocycles. The Morgan fingerprint density at radius 1 is 1.25 bits per heavy atom. The van der Waals surface area contributed by atoms with Crippen LogP contribution in [0.15, 0.2) is 12.2 Å². The average Bonchev–Trinajstić information content (AvgIpc) is 2.57. The van der Waals surface area contributed by atoms with Crippen LogP contribution in [-0.4, -0.2) is 43.6 Å². The number of carbonyl (C=O) groups is 3. The van der Waals surface area contributed by atoms with E-state index in [-0.39, 0.29) is 30.3 Å². The van der Waals surface area contributed by atoms with Crippen LogP contribution in [0.25, 0.3) is 0 Å². The zero-order chi connectivity index (χ0) is 18.4. The van der Waals surface area contributed by atoms with Crippen molar-refractivity contribution in [2.24, 2.45) is 11.3 Å². The number of hydrogen-bond donors (Lipinski definition) is 0. The van der Waals surface area contributed by atoms with Gasteiger partial charge in [-0.2, -0.15) is 0 Å². The van der Waals surface area contributed by atoms with Crippen LogP contribution in [0.4, 0.5) is 0 Å². The molecule has 24 heavy (non-hydrogen) atoms. The Bertz CT molecular complexity index is 498. The minimum atomic E-state index is -1.36. The summed E-state index contributed by atoms with van der Waals surface area (Å²) in [5.74, 6) is -1.66. The van der Waals surface area contributed by atoms with Crippen LogP contribution in [0.3, 0.4) is 0 Å². The molecule has 0 aromatic rings. The Labute approximate surface area is 143 Å². The molecule has 0 radical (unpaired) electrons. The van der Waals surface area contributed by atoms with Crippen LogP contribution in [0.1, 0.15) is 47.0 Å². The molecule has 136 valence electrons. The first-order valence-corrected chi connectivity index (χ1v) is 8.25. The van der Waals surface area contributed by atoms with Crippen molar-refractivity contribution >= 4 is 17.5 Å². The highest BCUT2D eigenvalue weighted by molar-refractivity contribution is 6.09. The monoisotopic (exact) mass is 340 g/mol. The minimum Gasteiger partial charge on any atom is -0.468 e. The summed E-state index contributed by atoms with van der Waals surface area (Å²) in [5.41, 5.74) is -1.36. The van der Waals surface area contributed by atoms with Gasteiger partial charge in [0, 0.05) is 18.8 Å². The highest BCUT2D eigenvalue weighted by atomic mass is 16.7. The van der Waals surface area contributed by atoms with Crippen molar-refractivity contribution in [1.29, 1.82) is 0 Å². The normalized spacial score (nSPS) is 20.5. The van der Waals surface area contributed by atoms with E-state index < -0.39 is 17.2 Å². The molecule has 1 atom stereocenters. The summed E-state index contributed by atoms with van der Waals surface area (Å²) in [4.78, 5) is 36.2. The number of esters is 1. The van der Waals surface area contributed by atoms with Gasteiger partial charge in [-0.05, 0) is 33.3 Å². The van der Waals surface area contributed by atoms with Gasteiger partial charge < -0.3 is 14.2 Å². The maximum atomic E-state index is 12.6. The minimum absolute atomic E-state index is 0.0122. The zero-order valence-electron chi connectivity index (χ0n) is 15.2. The van der Waals surface area contributed by atoms with Gasteiger partial charge in [0.1, 0.15) is 11.2 Å². The third kappa shape index (κ3) is 5.53. The van der Waals surface area contributed by atoms with E-state index in [9.17, 15) is 14.4 Å². The number of ether oxygens (including phenoxy) is 3. The second-order valence-corrected chi connectivity index (χ2v) is 6.72. The van der Waals surface area contributed by atoms with E-state index in [0.29, 0.717) is 19.6 Å². The number of Topliss-reactive ketones (excluding diaryl/α,β-unsaturated/α-hetero) is 1. The fourth-order valence-electron chi connectivity index (χ4n) is 2.34. The molecule has 0 aliphatic carbocycles. The number of carbonyl (C=O) groups excluding carboxylic acids is 3. The first-order chi connectivity index (χ1) is 11.1.